The Labute approximate surface area is 190 Å². The zero-order chi connectivity index (χ0) is 24.2. The first-order valence-electron chi connectivity index (χ1n) is 10.3. The topological polar surface area (TPSA) is 95.6 Å². The van der Waals surface area contributed by atoms with E-state index in [4.69, 9.17) is 0 Å². The van der Waals surface area contributed by atoms with Gasteiger partial charge in [0.15, 0.2) is 0 Å². The van der Waals surface area contributed by atoms with E-state index in [1.54, 1.807) is 12.1 Å². The monoisotopic (exact) mass is 483 g/mol. The molecular weight excluding hydrogens is 459 g/mol. The normalized spacial score (nSPS) is 14.8. The third-order valence-corrected chi connectivity index (χ3v) is 7.11. The van der Waals surface area contributed by atoms with Crippen LogP contribution in [0.3, 0.4) is 0 Å². The van der Waals surface area contributed by atoms with Crippen LogP contribution in [-0.4, -0.2) is 37.6 Å². The van der Waals surface area contributed by atoms with E-state index in [9.17, 15) is 31.2 Å². The highest BCUT2D eigenvalue weighted by atomic mass is 32.2. The van der Waals surface area contributed by atoms with Gasteiger partial charge in [-0.1, -0.05) is 12.1 Å². The summed E-state index contributed by atoms with van der Waals surface area (Å²) < 4.78 is 65.7. The predicted molar refractivity (Wildman–Crippen MR) is 117 cm³/mol. The molecule has 11 heteroatoms. The molecule has 3 rings (SSSR count). The Balaban J connectivity index is 1.66. The molecule has 0 spiro atoms. The first-order chi connectivity index (χ1) is 15.5. The number of hydrogen-bond acceptors (Lipinski definition) is 4. The van der Waals surface area contributed by atoms with Crippen molar-refractivity contribution >= 4 is 33.2 Å². The number of nitrogens with one attached hydrogen (secondary N) is 2. The third-order valence-electron chi connectivity index (χ3n) is 5.20. The molecule has 0 unspecified atom stereocenters. The molecule has 0 bridgehead atoms. The van der Waals surface area contributed by atoms with Crippen LogP contribution in [0, 0.1) is 0 Å². The second kappa shape index (κ2) is 9.92. The Morgan fingerprint density at radius 3 is 2.18 bits per heavy atom. The summed E-state index contributed by atoms with van der Waals surface area (Å²) in [6.45, 7) is 2.21. The number of amides is 2. The molecule has 1 saturated heterocycles. The lowest BCUT2D eigenvalue weighted by molar-refractivity contribution is -0.137. The number of nitrogens with zero attached hydrogens (tertiary/aromatic N) is 1. The van der Waals surface area contributed by atoms with Crippen LogP contribution >= 0.6 is 0 Å². The van der Waals surface area contributed by atoms with Gasteiger partial charge in [0.25, 0.3) is 0 Å². The van der Waals surface area contributed by atoms with Crippen molar-refractivity contribution in [3.05, 3.63) is 53.6 Å². The molecule has 33 heavy (non-hydrogen) atoms. The average Bonchev–Trinajstić information content (AvgIpc) is 3.28. The molecule has 0 aliphatic carbocycles. The molecule has 2 amide bonds. The van der Waals surface area contributed by atoms with Crippen molar-refractivity contribution in [2.45, 2.75) is 43.7 Å². The minimum atomic E-state index is -4.61. The van der Waals surface area contributed by atoms with E-state index in [-0.39, 0.29) is 29.1 Å². The zero-order valence-electron chi connectivity index (χ0n) is 17.9. The molecule has 0 saturated carbocycles. The number of halogens is 3. The van der Waals surface area contributed by atoms with Crippen molar-refractivity contribution in [3.63, 3.8) is 0 Å². The summed E-state index contributed by atoms with van der Waals surface area (Å²) in [7, 11) is -3.53. The first kappa shape index (κ1) is 24.7. The molecule has 0 aromatic heterocycles. The molecule has 0 atom stereocenters. The van der Waals surface area contributed by atoms with Gasteiger partial charge >= 0.3 is 6.18 Å². The number of rotatable bonds is 7. The Kier molecular flexibility index (Phi) is 7.43. The lowest BCUT2D eigenvalue weighted by Crippen LogP contribution is -2.27. The number of carbonyl (C=O) groups is 2. The molecule has 2 aromatic carbocycles. The summed E-state index contributed by atoms with van der Waals surface area (Å²) in [6, 6.07) is 8.87. The Morgan fingerprint density at radius 1 is 0.970 bits per heavy atom. The van der Waals surface area contributed by atoms with Crippen molar-refractivity contribution in [2.24, 2.45) is 0 Å². The van der Waals surface area contributed by atoms with Crippen LogP contribution in [0.5, 0.6) is 0 Å². The molecule has 178 valence electrons. The molecule has 1 aliphatic rings. The number of sulfonamides is 1. The van der Waals surface area contributed by atoms with Crippen LogP contribution in [0.2, 0.25) is 0 Å². The fourth-order valence-corrected chi connectivity index (χ4v) is 5.02. The van der Waals surface area contributed by atoms with E-state index in [1.807, 2.05) is 0 Å². The Hall–Kier alpha value is -2.92. The fraction of sp³-hybridized carbons (Fsp3) is 0.364. The minimum Gasteiger partial charge on any atom is -0.325 e. The van der Waals surface area contributed by atoms with Gasteiger partial charge in [0.2, 0.25) is 21.8 Å². The van der Waals surface area contributed by atoms with Crippen LogP contribution in [0.25, 0.3) is 0 Å². The van der Waals surface area contributed by atoms with E-state index in [0.29, 0.717) is 18.7 Å². The summed E-state index contributed by atoms with van der Waals surface area (Å²) in [5.41, 5.74) is -0.351. The van der Waals surface area contributed by atoms with Crippen molar-refractivity contribution in [1.29, 1.82) is 0 Å². The van der Waals surface area contributed by atoms with Gasteiger partial charge in [0.05, 0.1) is 21.8 Å². The second-order valence-corrected chi connectivity index (χ2v) is 9.68. The zero-order valence-corrected chi connectivity index (χ0v) is 18.7. The van der Waals surface area contributed by atoms with Gasteiger partial charge in [-0.05, 0) is 55.2 Å². The standard InChI is InChI=1S/C22H24F3N3O4S/c1-15(29)26-19-10-7-17(22(23,24)25)14-20(19)27-21(30)11-6-16-4-8-18(9-5-16)33(31,32)28-12-2-3-13-28/h4-5,7-10,14H,2-3,6,11-13H2,1H3,(H,26,29)(H,27,30). The molecule has 2 N–H and O–H groups in total. The van der Waals surface area contributed by atoms with Crippen molar-refractivity contribution < 1.29 is 31.2 Å². The van der Waals surface area contributed by atoms with Gasteiger partial charge in [-0.15, -0.1) is 0 Å². The lowest BCUT2D eigenvalue weighted by Gasteiger charge is -2.16. The Morgan fingerprint density at radius 2 is 1.61 bits per heavy atom. The summed E-state index contributed by atoms with van der Waals surface area (Å²) in [5.74, 6) is -1.04. The van der Waals surface area contributed by atoms with Crippen molar-refractivity contribution in [3.8, 4) is 0 Å². The number of hydrogen-bond donors (Lipinski definition) is 2. The lowest BCUT2D eigenvalue weighted by atomic mass is 10.1. The number of anilines is 2. The molecule has 1 fully saturated rings. The van der Waals surface area contributed by atoms with E-state index < -0.39 is 33.6 Å². The summed E-state index contributed by atoms with van der Waals surface area (Å²) >= 11 is 0. The molecule has 7 nitrogen and oxygen atoms in total. The molecule has 2 aromatic rings. The quantitative estimate of drug-likeness (QED) is 0.622. The highest BCUT2D eigenvalue weighted by Gasteiger charge is 2.31. The van der Waals surface area contributed by atoms with E-state index in [1.165, 1.54) is 23.4 Å². The molecule has 0 radical (unpaired) electrons. The highest BCUT2D eigenvalue weighted by Crippen LogP contribution is 2.34. The number of benzene rings is 2. The largest absolute Gasteiger partial charge is 0.416 e. The molecular formula is C22H24F3N3O4S. The van der Waals surface area contributed by atoms with Gasteiger partial charge in [-0.2, -0.15) is 17.5 Å². The smallest absolute Gasteiger partial charge is 0.325 e. The number of aryl methyl sites for hydroxylation is 1. The SMILES string of the molecule is CC(=O)Nc1ccc(C(F)(F)F)cc1NC(=O)CCc1ccc(S(=O)(=O)N2CCCC2)cc1. The van der Waals surface area contributed by atoms with Gasteiger partial charge < -0.3 is 10.6 Å². The number of alkyl halides is 3. The van der Waals surface area contributed by atoms with Crippen molar-refractivity contribution in [2.75, 3.05) is 23.7 Å². The van der Waals surface area contributed by atoms with Crippen LogP contribution in [0.4, 0.5) is 24.5 Å². The van der Waals surface area contributed by atoms with Gasteiger partial charge in [0.1, 0.15) is 0 Å². The van der Waals surface area contributed by atoms with E-state index >= 15 is 0 Å². The van der Waals surface area contributed by atoms with Gasteiger partial charge in [-0.25, -0.2) is 8.42 Å². The van der Waals surface area contributed by atoms with Crippen LogP contribution in [0.1, 0.15) is 37.3 Å². The van der Waals surface area contributed by atoms with Crippen LogP contribution in [0.15, 0.2) is 47.4 Å². The minimum absolute atomic E-state index is 0.0476. The van der Waals surface area contributed by atoms with Crippen LogP contribution in [-0.2, 0) is 32.2 Å². The summed E-state index contributed by atoms with van der Waals surface area (Å²) in [6.07, 6.45) is -2.73. The summed E-state index contributed by atoms with van der Waals surface area (Å²) in [4.78, 5) is 23.9. The third kappa shape index (κ3) is 6.32. The summed E-state index contributed by atoms with van der Waals surface area (Å²) in [5, 5.41) is 4.81. The molecule has 1 heterocycles. The molecule has 1 aliphatic heterocycles. The first-order valence-corrected chi connectivity index (χ1v) is 11.8. The van der Waals surface area contributed by atoms with E-state index in [0.717, 1.165) is 31.0 Å². The predicted octanol–water partition coefficient (Wildman–Crippen LogP) is 4.02. The highest BCUT2D eigenvalue weighted by molar-refractivity contribution is 7.89. The maximum absolute atomic E-state index is 13.0. The fourth-order valence-electron chi connectivity index (χ4n) is 3.50. The van der Waals surface area contributed by atoms with Crippen LogP contribution < -0.4 is 10.6 Å². The Bertz CT molecular complexity index is 1130. The number of carbonyl (C=O) groups excluding carboxylic acids is 2. The van der Waals surface area contributed by atoms with Crippen molar-refractivity contribution in [1.82, 2.24) is 4.31 Å². The van der Waals surface area contributed by atoms with Gasteiger partial charge in [-0.3, -0.25) is 9.59 Å². The maximum Gasteiger partial charge on any atom is 0.416 e. The maximum atomic E-state index is 13.0. The average molecular weight is 484 g/mol. The second-order valence-electron chi connectivity index (χ2n) is 7.74. The van der Waals surface area contributed by atoms with E-state index in [2.05, 4.69) is 10.6 Å². The van der Waals surface area contributed by atoms with Gasteiger partial charge in [0, 0.05) is 26.4 Å².